The van der Waals surface area contributed by atoms with Crippen molar-refractivity contribution in [1.82, 2.24) is 29.7 Å². The molecule has 0 aliphatic carbocycles. The third-order valence-corrected chi connectivity index (χ3v) is 7.32. The number of hydrogen-bond acceptors (Lipinski definition) is 5. The average molecular weight is 422 g/mol. The van der Waals surface area contributed by atoms with Gasteiger partial charge < -0.3 is 15.1 Å². The lowest BCUT2D eigenvalue weighted by Crippen LogP contribution is -2.49. The smallest absolute Gasteiger partial charge is 0.252 e. The molecular weight excluding hydrogens is 395 g/mol. The molecule has 30 heavy (non-hydrogen) atoms. The van der Waals surface area contributed by atoms with Crippen LogP contribution in [-0.4, -0.2) is 61.8 Å². The molecule has 8 heteroatoms. The van der Waals surface area contributed by atoms with E-state index >= 15 is 0 Å². The molecule has 2 unspecified atom stereocenters. The Morgan fingerprint density at radius 1 is 1.37 bits per heavy atom. The van der Waals surface area contributed by atoms with E-state index in [1.807, 2.05) is 28.7 Å². The van der Waals surface area contributed by atoms with Crippen molar-refractivity contribution >= 4 is 25.3 Å². The van der Waals surface area contributed by atoms with Gasteiger partial charge >= 0.3 is 0 Å². The highest BCUT2D eigenvalue weighted by Crippen LogP contribution is 2.44. The van der Waals surface area contributed by atoms with E-state index in [9.17, 15) is 4.79 Å². The van der Waals surface area contributed by atoms with Crippen LogP contribution in [0.15, 0.2) is 42.4 Å². The second kappa shape index (κ2) is 7.64. The summed E-state index contributed by atoms with van der Waals surface area (Å²) in [5.41, 5.74) is 5.01. The number of fused-ring (bicyclic) bond motifs is 2. The fourth-order valence-electron chi connectivity index (χ4n) is 4.34. The van der Waals surface area contributed by atoms with Crippen LogP contribution in [0.4, 0.5) is 0 Å². The van der Waals surface area contributed by atoms with Crippen molar-refractivity contribution in [2.75, 3.05) is 19.6 Å². The van der Waals surface area contributed by atoms with Crippen LogP contribution in [0.25, 0.3) is 10.8 Å². The van der Waals surface area contributed by atoms with Crippen molar-refractivity contribution in [2.24, 2.45) is 0 Å². The largest absolute Gasteiger partial charge is 0.368 e. The predicted octanol–water partition coefficient (Wildman–Crippen LogP) is 2.49. The minimum absolute atomic E-state index is 0.0286. The molecule has 7 nitrogen and oxygen atoms in total. The number of carbonyl (C=O) groups excluding carboxylic acids is 1. The topological polar surface area (TPSA) is 65.8 Å². The first kappa shape index (κ1) is 19.5. The van der Waals surface area contributed by atoms with Crippen LogP contribution in [0, 0.1) is 6.92 Å². The Labute approximate surface area is 178 Å². The molecule has 1 fully saturated rings. The number of allylic oxidation sites excluding steroid dienone is 1. The monoisotopic (exact) mass is 422 g/mol. The number of aromatic nitrogens is 3. The number of aryl methyl sites for hydroxylation is 2. The lowest BCUT2D eigenvalue weighted by Gasteiger charge is -2.39. The number of nitrogens with zero attached hydrogens (tertiary/aromatic N) is 5. The average Bonchev–Trinajstić information content (AvgIpc) is 3.17. The molecule has 5 heterocycles. The number of amides is 1. The quantitative estimate of drug-likeness (QED) is 0.770. The minimum atomic E-state index is 0.0286. The van der Waals surface area contributed by atoms with Gasteiger partial charge in [0.25, 0.3) is 5.91 Å². The van der Waals surface area contributed by atoms with E-state index in [1.54, 1.807) is 6.08 Å². The van der Waals surface area contributed by atoms with Crippen molar-refractivity contribution < 1.29 is 4.79 Å². The molecule has 2 aromatic rings. The van der Waals surface area contributed by atoms with Gasteiger partial charge in [-0.2, -0.15) is 5.10 Å². The van der Waals surface area contributed by atoms with Crippen LogP contribution in [0.1, 0.15) is 30.9 Å². The SMILES string of the molecule is CCc1nc(C)cn2nc(C3=CC(=O)N4C=C(N5CCN[C@@H](C)C5)C=CC4P3)cc12. The maximum Gasteiger partial charge on any atom is 0.252 e. The Bertz CT molecular complexity index is 1100. The van der Waals surface area contributed by atoms with Crippen molar-refractivity contribution in [1.29, 1.82) is 0 Å². The summed E-state index contributed by atoms with van der Waals surface area (Å²) in [7, 11) is 0.467. The van der Waals surface area contributed by atoms with E-state index in [0.717, 1.165) is 59.7 Å². The Morgan fingerprint density at radius 2 is 2.23 bits per heavy atom. The molecule has 3 aliphatic heterocycles. The number of piperazine rings is 1. The standard InChI is InChI=1S/C22H27N6OP/c1-4-17-19-9-18(25-28(19)12-15(3)24-17)20-10-21(29)27-13-16(5-6-22(27)30-20)26-8-7-23-14(2)11-26/h5-6,9-10,12-14,22-23,30H,4,7-8,11H2,1-3H3/t14-,22?/m0/s1. The van der Waals surface area contributed by atoms with Crippen LogP contribution < -0.4 is 5.32 Å². The Balaban J connectivity index is 1.43. The summed E-state index contributed by atoms with van der Waals surface area (Å²) in [6.45, 7) is 9.18. The van der Waals surface area contributed by atoms with E-state index in [-0.39, 0.29) is 11.7 Å². The van der Waals surface area contributed by atoms with E-state index in [4.69, 9.17) is 5.10 Å². The summed E-state index contributed by atoms with van der Waals surface area (Å²) < 4.78 is 1.90. The summed E-state index contributed by atoms with van der Waals surface area (Å²) in [5, 5.41) is 9.25. The molecule has 0 aromatic carbocycles. The molecule has 1 saturated heterocycles. The highest BCUT2D eigenvalue weighted by molar-refractivity contribution is 7.51. The summed E-state index contributed by atoms with van der Waals surface area (Å²) in [4.78, 5) is 21.9. The van der Waals surface area contributed by atoms with E-state index in [0.29, 0.717) is 14.6 Å². The normalized spacial score (nSPS) is 25.0. The van der Waals surface area contributed by atoms with Gasteiger partial charge in [0.15, 0.2) is 0 Å². The van der Waals surface area contributed by atoms with Crippen LogP contribution in [0.3, 0.4) is 0 Å². The maximum absolute atomic E-state index is 13.0. The van der Waals surface area contributed by atoms with Gasteiger partial charge in [-0.15, -0.1) is 0 Å². The van der Waals surface area contributed by atoms with Gasteiger partial charge in [0.1, 0.15) is 0 Å². The summed E-state index contributed by atoms with van der Waals surface area (Å²) in [5.74, 6) is 0.0952. The van der Waals surface area contributed by atoms with Gasteiger partial charge in [-0.25, -0.2) is 4.52 Å². The summed E-state index contributed by atoms with van der Waals surface area (Å²) >= 11 is 0. The van der Waals surface area contributed by atoms with Gasteiger partial charge in [-0.3, -0.25) is 9.78 Å². The van der Waals surface area contributed by atoms with E-state index in [2.05, 4.69) is 47.3 Å². The number of carbonyl (C=O) groups is 1. The molecule has 156 valence electrons. The molecule has 0 bridgehead atoms. The molecule has 0 saturated carbocycles. The second-order valence-electron chi connectivity index (χ2n) is 8.15. The molecule has 0 radical (unpaired) electrons. The van der Waals surface area contributed by atoms with Crippen molar-refractivity contribution in [3.63, 3.8) is 0 Å². The van der Waals surface area contributed by atoms with Crippen LogP contribution in [-0.2, 0) is 11.2 Å². The molecule has 5 rings (SSSR count). The van der Waals surface area contributed by atoms with Crippen LogP contribution in [0.2, 0.25) is 0 Å². The van der Waals surface area contributed by atoms with Gasteiger partial charge in [-0.1, -0.05) is 21.6 Å². The Kier molecular flexibility index (Phi) is 4.95. The van der Waals surface area contributed by atoms with Crippen molar-refractivity contribution in [3.05, 3.63) is 59.5 Å². The van der Waals surface area contributed by atoms with Crippen molar-refractivity contribution in [3.8, 4) is 0 Å². The molecule has 3 aliphatic rings. The number of rotatable bonds is 3. The fraction of sp³-hybridized carbons (Fsp3) is 0.409. The lowest BCUT2D eigenvalue weighted by atomic mass is 10.2. The van der Waals surface area contributed by atoms with E-state index in [1.165, 1.54) is 0 Å². The maximum atomic E-state index is 13.0. The number of hydrogen-bond donors (Lipinski definition) is 1. The van der Waals surface area contributed by atoms with Gasteiger partial charge in [0.2, 0.25) is 0 Å². The molecule has 3 atom stereocenters. The van der Waals surface area contributed by atoms with Gasteiger partial charge in [-0.05, 0) is 32.4 Å². The molecular formula is C22H27N6OP. The van der Waals surface area contributed by atoms with Crippen LogP contribution >= 0.6 is 8.58 Å². The van der Waals surface area contributed by atoms with Gasteiger partial charge in [0, 0.05) is 43.3 Å². The third kappa shape index (κ3) is 3.46. The Morgan fingerprint density at radius 3 is 3.03 bits per heavy atom. The molecule has 1 N–H and O–H groups in total. The lowest BCUT2D eigenvalue weighted by molar-refractivity contribution is -0.123. The number of nitrogens with one attached hydrogen (secondary N) is 1. The third-order valence-electron chi connectivity index (χ3n) is 5.84. The van der Waals surface area contributed by atoms with Crippen LogP contribution in [0.5, 0.6) is 0 Å². The molecule has 2 aromatic heterocycles. The summed E-state index contributed by atoms with van der Waals surface area (Å²) in [6, 6.07) is 2.53. The minimum Gasteiger partial charge on any atom is -0.368 e. The first-order chi connectivity index (χ1) is 14.5. The summed E-state index contributed by atoms with van der Waals surface area (Å²) in [6.07, 6.45) is 10.9. The molecule has 0 spiro atoms. The fourth-order valence-corrected chi connectivity index (χ4v) is 5.67. The van der Waals surface area contributed by atoms with Crippen molar-refractivity contribution in [2.45, 2.75) is 39.0 Å². The zero-order chi connectivity index (χ0) is 20.8. The predicted molar refractivity (Wildman–Crippen MR) is 120 cm³/mol. The van der Waals surface area contributed by atoms with Gasteiger partial charge in [0.05, 0.1) is 40.3 Å². The highest BCUT2D eigenvalue weighted by atomic mass is 31.1. The highest BCUT2D eigenvalue weighted by Gasteiger charge is 2.31. The first-order valence-electron chi connectivity index (χ1n) is 10.6. The second-order valence-corrected chi connectivity index (χ2v) is 9.57. The first-order valence-corrected chi connectivity index (χ1v) is 11.6. The Hall–Kier alpha value is -2.50. The van der Waals surface area contributed by atoms with E-state index < -0.39 is 0 Å². The zero-order valence-electron chi connectivity index (χ0n) is 17.6. The molecule has 1 amide bonds. The zero-order valence-corrected chi connectivity index (χ0v) is 18.6.